The number of nitrogens with two attached hydrogens (primary N) is 1. The van der Waals surface area contributed by atoms with Crippen molar-refractivity contribution >= 4 is 10.0 Å². The van der Waals surface area contributed by atoms with E-state index in [4.69, 9.17) is 5.73 Å². The molecule has 5 heteroatoms. The maximum atomic E-state index is 12.9. The minimum Gasteiger partial charge on any atom is -0.326 e. The maximum Gasteiger partial charge on any atom is 0.243 e. The number of rotatable bonds is 3. The summed E-state index contributed by atoms with van der Waals surface area (Å²) in [6.45, 7) is 4.21. The van der Waals surface area contributed by atoms with Gasteiger partial charge in [0.05, 0.1) is 4.90 Å². The van der Waals surface area contributed by atoms with Gasteiger partial charge in [0.25, 0.3) is 0 Å². The van der Waals surface area contributed by atoms with E-state index in [1.54, 1.807) is 22.5 Å². The quantitative estimate of drug-likeness (QED) is 0.923. The minimum atomic E-state index is -3.45. The number of piperidine rings is 1. The third kappa shape index (κ3) is 2.68. The molecule has 0 saturated carbocycles. The fourth-order valence-corrected chi connectivity index (χ4v) is 5.03. The zero-order valence-corrected chi connectivity index (χ0v) is 12.4. The second kappa shape index (κ2) is 5.61. The van der Waals surface area contributed by atoms with Crippen LogP contribution in [0.5, 0.6) is 0 Å². The molecule has 1 aromatic carbocycles. The predicted octanol–water partition coefficient (Wildman–Crippen LogP) is 2.10. The Balaban J connectivity index is 2.46. The van der Waals surface area contributed by atoms with Crippen LogP contribution < -0.4 is 5.73 Å². The first-order valence-electron chi connectivity index (χ1n) is 6.80. The van der Waals surface area contributed by atoms with Crippen molar-refractivity contribution in [3.63, 3.8) is 0 Å². The molecule has 1 heterocycles. The third-order valence-electron chi connectivity index (χ3n) is 3.86. The van der Waals surface area contributed by atoms with Gasteiger partial charge in [0.1, 0.15) is 0 Å². The van der Waals surface area contributed by atoms with E-state index in [9.17, 15) is 8.42 Å². The molecule has 19 heavy (non-hydrogen) atoms. The second-order valence-electron chi connectivity index (χ2n) is 5.28. The highest BCUT2D eigenvalue weighted by atomic mass is 32.2. The topological polar surface area (TPSA) is 63.4 Å². The molecular formula is C14H22N2O2S. The third-order valence-corrected chi connectivity index (χ3v) is 6.09. The van der Waals surface area contributed by atoms with Gasteiger partial charge >= 0.3 is 0 Å². The van der Waals surface area contributed by atoms with Gasteiger partial charge in [-0.15, -0.1) is 0 Å². The van der Waals surface area contributed by atoms with Crippen molar-refractivity contribution in [1.29, 1.82) is 0 Å². The molecule has 0 amide bonds. The molecule has 1 saturated heterocycles. The van der Waals surface area contributed by atoms with E-state index in [0.717, 1.165) is 19.3 Å². The van der Waals surface area contributed by atoms with Crippen LogP contribution in [-0.4, -0.2) is 24.8 Å². The number of hydrogen-bond donors (Lipinski definition) is 1. The highest BCUT2D eigenvalue weighted by Crippen LogP contribution is 2.30. The largest absolute Gasteiger partial charge is 0.326 e. The van der Waals surface area contributed by atoms with E-state index < -0.39 is 10.0 Å². The molecule has 2 rings (SSSR count). The molecule has 0 radical (unpaired) electrons. The van der Waals surface area contributed by atoms with E-state index in [-0.39, 0.29) is 18.6 Å². The van der Waals surface area contributed by atoms with E-state index in [0.29, 0.717) is 10.5 Å². The second-order valence-corrected chi connectivity index (χ2v) is 7.09. The van der Waals surface area contributed by atoms with Crippen LogP contribution in [0, 0.1) is 0 Å². The smallest absolute Gasteiger partial charge is 0.243 e. The Morgan fingerprint density at radius 1 is 1.21 bits per heavy atom. The molecule has 106 valence electrons. The van der Waals surface area contributed by atoms with Crippen molar-refractivity contribution in [3.8, 4) is 0 Å². The zero-order chi connectivity index (χ0) is 14.0. The lowest BCUT2D eigenvalue weighted by Gasteiger charge is -2.38. The average molecular weight is 282 g/mol. The van der Waals surface area contributed by atoms with Gasteiger partial charge < -0.3 is 5.73 Å². The Morgan fingerprint density at radius 3 is 2.37 bits per heavy atom. The Morgan fingerprint density at radius 2 is 1.79 bits per heavy atom. The van der Waals surface area contributed by atoms with Gasteiger partial charge in [-0.05, 0) is 38.3 Å². The Kier molecular flexibility index (Phi) is 4.28. The lowest BCUT2D eigenvalue weighted by atomic mass is 10.0. The standard InChI is InChI=1S/C14H22N2O2S/c1-11-6-5-7-12(2)16(11)19(17,18)14-9-4-3-8-13(14)10-15/h3-4,8-9,11-12H,5-7,10,15H2,1-2H3/t11-,12+. The summed E-state index contributed by atoms with van der Waals surface area (Å²) in [5.41, 5.74) is 6.35. The van der Waals surface area contributed by atoms with Crippen LogP contribution in [0.25, 0.3) is 0 Å². The molecule has 2 N–H and O–H groups in total. The molecule has 0 aliphatic carbocycles. The monoisotopic (exact) mass is 282 g/mol. The van der Waals surface area contributed by atoms with Crippen LogP contribution in [0.1, 0.15) is 38.7 Å². The maximum absolute atomic E-state index is 12.9. The minimum absolute atomic E-state index is 0.0552. The molecule has 0 aromatic heterocycles. The van der Waals surface area contributed by atoms with Crippen molar-refractivity contribution < 1.29 is 8.42 Å². The zero-order valence-electron chi connectivity index (χ0n) is 11.5. The van der Waals surface area contributed by atoms with Crippen LogP contribution in [0.15, 0.2) is 29.2 Å². The molecule has 1 fully saturated rings. The summed E-state index contributed by atoms with van der Waals surface area (Å²) >= 11 is 0. The van der Waals surface area contributed by atoms with Gasteiger partial charge in [-0.2, -0.15) is 4.31 Å². The normalized spacial score (nSPS) is 25.4. The molecule has 1 aliphatic heterocycles. The first-order chi connectivity index (χ1) is 8.98. The Hall–Kier alpha value is -0.910. The molecule has 0 bridgehead atoms. The number of benzene rings is 1. The summed E-state index contributed by atoms with van der Waals surface area (Å²) < 4.78 is 27.4. The van der Waals surface area contributed by atoms with Crippen molar-refractivity contribution in [1.82, 2.24) is 4.31 Å². The highest BCUT2D eigenvalue weighted by Gasteiger charge is 2.36. The first kappa shape index (κ1) is 14.5. The van der Waals surface area contributed by atoms with E-state index in [1.165, 1.54) is 0 Å². The molecule has 1 aliphatic rings. The molecule has 0 spiro atoms. The van der Waals surface area contributed by atoms with Crippen molar-refractivity contribution in [2.75, 3.05) is 0 Å². The summed E-state index contributed by atoms with van der Waals surface area (Å²) in [6.07, 6.45) is 2.94. The summed E-state index contributed by atoms with van der Waals surface area (Å²) in [6, 6.07) is 7.13. The Bertz CT molecular complexity index is 532. The van der Waals surface area contributed by atoms with Gasteiger partial charge in [-0.25, -0.2) is 8.42 Å². The number of sulfonamides is 1. The van der Waals surface area contributed by atoms with E-state index in [2.05, 4.69) is 0 Å². The summed E-state index contributed by atoms with van der Waals surface area (Å²) in [5, 5.41) is 0. The fourth-order valence-electron chi connectivity index (χ4n) is 2.91. The highest BCUT2D eigenvalue weighted by molar-refractivity contribution is 7.89. The fraction of sp³-hybridized carbons (Fsp3) is 0.571. The molecule has 1 aromatic rings. The van der Waals surface area contributed by atoms with Crippen LogP contribution in [0.3, 0.4) is 0 Å². The molecule has 4 nitrogen and oxygen atoms in total. The van der Waals surface area contributed by atoms with Crippen molar-refractivity contribution in [3.05, 3.63) is 29.8 Å². The van der Waals surface area contributed by atoms with Gasteiger partial charge in [0.2, 0.25) is 10.0 Å². The lowest BCUT2D eigenvalue weighted by molar-refractivity contribution is 0.204. The van der Waals surface area contributed by atoms with Crippen LogP contribution in [0.4, 0.5) is 0 Å². The molecular weight excluding hydrogens is 260 g/mol. The van der Waals surface area contributed by atoms with Gasteiger partial charge in [-0.3, -0.25) is 0 Å². The van der Waals surface area contributed by atoms with Crippen molar-refractivity contribution in [2.24, 2.45) is 5.73 Å². The summed E-state index contributed by atoms with van der Waals surface area (Å²) in [7, 11) is -3.45. The lowest BCUT2D eigenvalue weighted by Crippen LogP contribution is -2.47. The average Bonchev–Trinajstić information content (AvgIpc) is 2.38. The Labute approximate surface area is 115 Å². The van der Waals surface area contributed by atoms with Crippen LogP contribution in [-0.2, 0) is 16.6 Å². The van der Waals surface area contributed by atoms with Gasteiger partial charge in [0, 0.05) is 18.6 Å². The van der Waals surface area contributed by atoms with E-state index >= 15 is 0 Å². The molecule has 2 atom stereocenters. The van der Waals surface area contributed by atoms with E-state index in [1.807, 2.05) is 19.9 Å². The van der Waals surface area contributed by atoms with Crippen LogP contribution >= 0.6 is 0 Å². The van der Waals surface area contributed by atoms with Crippen LogP contribution in [0.2, 0.25) is 0 Å². The number of hydrogen-bond acceptors (Lipinski definition) is 3. The van der Waals surface area contributed by atoms with Gasteiger partial charge in [0.15, 0.2) is 0 Å². The molecule has 0 unspecified atom stereocenters. The SMILES string of the molecule is C[C@@H]1CCC[C@H](C)N1S(=O)(=O)c1ccccc1CN. The number of nitrogens with zero attached hydrogens (tertiary/aromatic N) is 1. The first-order valence-corrected chi connectivity index (χ1v) is 8.24. The predicted molar refractivity (Wildman–Crippen MR) is 76.1 cm³/mol. The van der Waals surface area contributed by atoms with Crippen molar-refractivity contribution in [2.45, 2.75) is 56.6 Å². The summed E-state index contributed by atoms with van der Waals surface area (Å²) in [4.78, 5) is 0.359. The van der Waals surface area contributed by atoms with Gasteiger partial charge in [-0.1, -0.05) is 24.6 Å². The summed E-state index contributed by atoms with van der Waals surface area (Å²) in [5.74, 6) is 0.